The van der Waals surface area contributed by atoms with Gasteiger partial charge in [0.25, 0.3) is 5.91 Å². The number of hydrazone groups is 1. The lowest BCUT2D eigenvalue weighted by Crippen LogP contribution is -2.35. The molecule has 0 bridgehead atoms. The van der Waals surface area contributed by atoms with Gasteiger partial charge >= 0.3 is 5.97 Å². The Kier molecular flexibility index (Phi) is 5.89. The standard InChI is InChI=1S/C24H21N5O4S/c1-32-18-6-4-5-16(14-18)22(31)33-17-9-7-15(8-10-17)13-19-20(25)29-23(26-21(19)30)34-24(27-29)28-11-2-3-12-28/h4-10,13-14,25H,2-3,11-12H2,1H3/b19-13-,25-20?. The maximum Gasteiger partial charge on any atom is 0.343 e. The first-order valence-electron chi connectivity index (χ1n) is 10.7. The quantitative estimate of drug-likeness (QED) is 0.409. The van der Waals surface area contributed by atoms with Crippen LogP contribution in [0.4, 0.5) is 0 Å². The molecule has 3 aliphatic heterocycles. The molecule has 0 spiro atoms. The molecule has 10 heteroatoms. The molecule has 1 fully saturated rings. The Morgan fingerprint density at radius 2 is 1.85 bits per heavy atom. The second kappa shape index (κ2) is 9.14. The van der Waals surface area contributed by atoms with E-state index in [2.05, 4.69) is 15.0 Å². The van der Waals surface area contributed by atoms with Crippen molar-refractivity contribution in [1.82, 2.24) is 9.91 Å². The van der Waals surface area contributed by atoms with Crippen molar-refractivity contribution >= 4 is 45.9 Å². The predicted octanol–water partition coefficient (Wildman–Crippen LogP) is 3.59. The van der Waals surface area contributed by atoms with Crippen molar-refractivity contribution in [2.75, 3.05) is 20.2 Å². The fourth-order valence-corrected chi connectivity index (χ4v) is 4.68. The number of ether oxygens (including phenoxy) is 2. The molecule has 9 nitrogen and oxygen atoms in total. The Morgan fingerprint density at radius 1 is 1.09 bits per heavy atom. The first-order valence-corrected chi connectivity index (χ1v) is 11.5. The number of amidine groups is 3. The van der Waals surface area contributed by atoms with Gasteiger partial charge in [-0.2, -0.15) is 10.0 Å². The number of thioether (sulfide) groups is 1. The first-order chi connectivity index (χ1) is 16.5. The van der Waals surface area contributed by atoms with Crippen molar-refractivity contribution in [3.8, 4) is 11.5 Å². The number of fused-ring (bicyclic) bond motifs is 1. The van der Waals surface area contributed by atoms with Crippen molar-refractivity contribution in [1.29, 1.82) is 5.41 Å². The van der Waals surface area contributed by atoms with Gasteiger partial charge in [0.2, 0.25) is 5.17 Å². The number of esters is 1. The molecule has 5 rings (SSSR count). The molecule has 1 amide bonds. The zero-order valence-electron chi connectivity index (χ0n) is 18.4. The summed E-state index contributed by atoms with van der Waals surface area (Å²) >= 11 is 1.32. The van der Waals surface area contributed by atoms with E-state index in [1.807, 2.05) is 0 Å². The fraction of sp³-hybridized carbons (Fsp3) is 0.208. The van der Waals surface area contributed by atoms with E-state index in [0.29, 0.717) is 27.8 Å². The lowest BCUT2D eigenvalue weighted by atomic mass is 10.1. The predicted molar refractivity (Wildman–Crippen MR) is 130 cm³/mol. The molecule has 1 N–H and O–H groups in total. The average Bonchev–Trinajstić information content (AvgIpc) is 3.53. The SMILES string of the molecule is COc1cccc(C(=O)Oc2ccc(/C=C3/C(=N)N4N=C(N5CCCC5)SC4=NC3=O)cc2)c1. The molecule has 172 valence electrons. The smallest absolute Gasteiger partial charge is 0.343 e. The number of benzene rings is 2. The number of hydrogen-bond donors (Lipinski definition) is 1. The van der Waals surface area contributed by atoms with E-state index in [1.165, 1.54) is 23.9 Å². The van der Waals surface area contributed by atoms with Gasteiger partial charge in [-0.15, -0.1) is 5.10 Å². The summed E-state index contributed by atoms with van der Waals surface area (Å²) in [6.07, 6.45) is 3.81. The Labute approximate surface area is 200 Å². The topological polar surface area (TPSA) is 108 Å². The van der Waals surface area contributed by atoms with Gasteiger partial charge in [0, 0.05) is 13.1 Å². The molecule has 2 aromatic rings. The van der Waals surface area contributed by atoms with E-state index < -0.39 is 11.9 Å². The number of amides is 1. The van der Waals surface area contributed by atoms with Gasteiger partial charge < -0.3 is 14.4 Å². The number of likely N-dealkylation sites (tertiary alicyclic amines) is 1. The van der Waals surface area contributed by atoms with Gasteiger partial charge in [0.05, 0.1) is 18.2 Å². The molecule has 0 saturated carbocycles. The van der Waals surface area contributed by atoms with E-state index in [1.54, 1.807) is 54.6 Å². The number of nitrogens with one attached hydrogen (secondary N) is 1. The zero-order valence-corrected chi connectivity index (χ0v) is 19.2. The maximum absolute atomic E-state index is 12.6. The lowest BCUT2D eigenvalue weighted by molar-refractivity contribution is -0.114. The Morgan fingerprint density at radius 3 is 2.59 bits per heavy atom. The number of carbonyl (C=O) groups is 2. The molecule has 0 aliphatic carbocycles. The van der Waals surface area contributed by atoms with Crippen molar-refractivity contribution in [3.05, 3.63) is 65.2 Å². The van der Waals surface area contributed by atoms with Crippen LogP contribution < -0.4 is 9.47 Å². The highest BCUT2D eigenvalue weighted by molar-refractivity contribution is 8.26. The minimum Gasteiger partial charge on any atom is -0.497 e. The molecule has 34 heavy (non-hydrogen) atoms. The number of nitrogens with zero attached hydrogens (tertiary/aromatic N) is 4. The van der Waals surface area contributed by atoms with Gasteiger partial charge in [0.15, 0.2) is 11.0 Å². The summed E-state index contributed by atoms with van der Waals surface area (Å²) in [5.41, 5.74) is 1.19. The Hall–Kier alpha value is -3.92. The zero-order chi connectivity index (χ0) is 23.7. The third-order valence-electron chi connectivity index (χ3n) is 5.53. The van der Waals surface area contributed by atoms with E-state index in [-0.39, 0.29) is 11.4 Å². The summed E-state index contributed by atoms with van der Waals surface area (Å²) in [6.45, 7) is 1.84. The van der Waals surface area contributed by atoms with Crippen LogP contribution in [-0.4, -0.2) is 58.2 Å². The highest BCUT2D eigenvalue weighted by Gasteiger charge is 2.37. The van der Waals surface area contributed by atoms with Crippen LogP contribution in [0.15, 0.2) is 64.2 Å². The third-order valence-corrected chi connectivity index (χ3v) is 6.50. The highest BCUT2D eigenvalue weighted by atomic mass is 32.2. The van der Waals surface area contributed by atoms with Crippen molar-refractivity contribution in [2.45, 2.75) is 12.8 Å². The van der Waals surface area contributed by atoms with Gasteiger partial charge in [-0.3, -0.25) is 10.2 Å². The van der Waals surface area contributed by atoms with Crippen LogP contribution in [0.3, 0.4) is 0 Å². The molecule has 1 saturated heterocycles. The van der Waals surface area contributed by atoms with Gasteiger partial charge in [-0.05, 0) is 66.6 Å². The normalized spacial score (nSPS) is 18.7. The van der Waals surface area contributed by atoms with Crippen LogP contribution in [0.2, 0.25) is 0 Å². The van der Waals surface area contributed by atoms with E-state index >= 15 is 0 Å². The lowest BCUT2D eigenvalue weighted by Gasteiger charge is -2.20. The number of rotatable bonds is 4. The molecule has 0 aromatic heterocycles. The summed E-state index contributed by atoms with van der Waals surface area (Å²) in [6, 6.07) is 13.4. The molecule has 0 unspecified atom stereocenters. The van der Waals surface area contributed by atoms with E-state index in [4.69, 9.17) is 14.9 Å². The van der Waals surface area contributed by atoms with E-state index in [9.17, 15) is 9.59 Å². The van der Waals surface area contributed by atoms with Gasteiger partial charge in [0.1, 0.15) is 11.5 Å². The number of hydrogen-bond acceptors (Lipinski definition) is 8. The summed E-state index contributed by atoms with van der Waals surface area (Å²) in [5, 5.41) is 15.6. The summed E-state index contributed by atoms with van der Waals surface area (Å²) in [7, 11) is 1.53. The monoisotopic (exact) mass is 475 g/mol. The van der Waals surface area contributed by atoms with Gasteiger partial charge in [-0.1, -0.05) is 18.2 Å². The van der Waals surface area contributed by atoms with Crippen LogP contribution in [0.25, 0.3) is 6.08 Å². The van der Waals surface area contributed by atoms with Crippen LogP contribution in [0.1, 0.15) is 28.8 Å². The molecule has 2 aromatic carbocycles. The fourth-order valence-electron chi connectivity index (χ4n) is 3.73. The molecule has 3 heterocycles. The van der Waals surface area contributed by atoms with Crippen LogP contribution in [-0.2, 0) is 4.79 Å². The van der Waals surface area contributed by atoms with Crippen molar-refractivity contribution in [3.63, 3.8) is 0 Å². The summed E-state index contributed by atoms with van der Waals surface area (Å²) < 4.78 is 10.6. The van der Waals surface area contributed by atoms with E-state index in [0.717, 1.165) is 31.1 Å². The molecular formula is C24H21N5O4S. The average molecular weight is 476 g/mol. The highest BCUT2D eigenvalue weighted by Crippen LogP contribution is 2.31. The Bertz CT molecular complexity index is 1260. The number of carbonyl (C=O) groups excluding carboxylic acids is 2. The van der Waals surface area contributed by atoms with Crippen LogP contribution >= 0.6 is 11.8 Å². The maximum atomic E-state index is 12.6. The van der Waals surface area contributed by atoms with Crippen LogP contribution in [0, 0.1) is 5.41 Å². The molecular weight excluding hydrogens is 454 g/mol. The minimum absolute atomic E-state index is 0.00905. The largest absolute Gasteiger partial charge is 0.497 e. The number of aliphatic imine (C=N–C) groups is 1. The molecule has 3 aliphatic rings. The summed E-state index contributed by atoms with van der Waals surface area (Å²) in [5.74, 6) is -0.0686. The number of methoxy groups -OCH3 is 1. The van der Waals surface area contributed by atoms with Crippen molar-refractivity contribution in [2.24, 2.45) is 10.1 Å². The molecule has 0 atom stereocenters. The van der Waals surface area contributed by atoms with Crippen LogP contribution in [0.5, 0.6) is 11.5 Å². The van der Waals surface area contributed by atoms with Crippen molar-refractivity contribution < 1.29 is 19.1 Å². The second-order valence-electron chi connectivity index (χ2n) is 7.79. The Balaban J connectivity index is 1.30. The molecule has 0 radical (unpaired) electrons. The second-order valence-corrected chi connectivity index (χ2v) is 8.72. The third kappa shape index (κ3) is 4.32. The first kappa shape index (κ1) is 21.9. The summed E-state index contributed by atoms with van der Waals surface area (Å²) in [4.78, 5) is 31.3. The van der Waals surface area contributed by atoms with Gasteiger partial charge in [-0.25, -0.2) is 4.79 Å². The minimum atomic E-state index is -0.505.